The summed E-state index contributed by atoms with van der Waals surface area (Å²) < 4.78 is 0. The van der Waals surface area contributed by atoms with Gasteiger partial charge in [-0.3, -0.25) is 0 Å². The average Bonchev–Trinajstić information content (AvgIpc) is 2.75. The molecule has 0 bridgehead atoms. The topological polar surface area (TPSA) is 12.0 Å². The highest BCUT2D eigenvalue weighted by Gasteiger charge is 2.19. The van der Waals surface area contributed by atoms with Crippen LogP contribution >= 0.6 is 11.3 Å². The Morgan fingerprint density at radius 1 is 1.31 bits per heavy atom. The summed E-state index contributed by atoms with van der Waals surface area (Å²) in [4.78, 5) is 0. The summed E-state index contributed by atoms with van der Waals surface area (Å²) in [6, 6.07) is 2.87. The summed E-state index contributed by atoms with van der Waals surface area (Å²) in [6.45, 7) is 10.4. The van der Waals surface area contributed by atoms with Crippen molar-refractivity contribution in [1.82, 2.24) is 5.32 Å². The van der Waals surface area contributed by atoms with Crippen LogP contribution in [0, 0.1) is 11.8 Å². The van der Waals surface area contributed by atoms with Crippen molar-refractivity contribution in [1.29, 1.82) is 0 Å². The van der Waals surface area contributed by atoms with Crippen LogP contribution in [-0.2, 0) is 6.42 Å². The Labute approximate surface area is 104 Å². The first-order valence-electron chi connectivity index (χ1n) is 6.39. The first kappa shape index (κ1) is 13.7. The molecule has 0 amide bonds. The van der Waals surface area contributed by atoms with Gasteiger partial charge in [-0.1, -0.05) is 27.7 Å². The molecule has 1 nitrogen and oxygen atoms in total. The summed E-state index contributed by atoms with van der Waals surface area (Å²) in [6.07, 6.45) is 2.38. The highest BCUT2D eigenvalue weighted by atomic mass is 32.1. The van der Waals surface area contributed by atoms with Crippen molar-refractivity contribution in [3.05, 3.63) is 22.4 Å². The minimum Gasteiger partial charge on any atom is -0.313 e. The van der Waals surface area contributed by atoms with Crippen molar-refractivity contribution in [3.8, 4) is 0 Å². The van der Waals surface area contributed by atoms with E-state index in [1.54, 1.807) is 11.3 Å². The lowest BCUT2D eigenvalue weighted by molar-refractivity contribution is 0.297. The van der Waals surface area contributed by atoms with Crippen LogP contribution in [0.1, 0.15) is 39.7 Å². The number of thiophene rings is 1. The van der Waals surface area contributed by atoms with Gasteiger partial charge in [0.1, 0.15) is 0 Å². The van der Waals surface area contributed by atoms with Gasteiger partial charge in [0.25, 0.3) is 0 Å². The Hall–Kier alpha value is -0.340. The zero-order valence-corrected chi connectivity index (χ0v) is 11.8. The van der Waals surface area contributed by atoms with E-state index in [1.165, 1.54) is 18.4 Å². The van der Waals surface area contributed by atoms with Gasteiger partial charge in [0.05, 0.1) is 0 Å². The van der Waals surface area contributed by atoms with Crippen LogP contribution in [0.25, 0.3) is 0 Å². The molecule has 0 aliphatic heterocycles. The maximum atomic E-state index is 3.69. The molecule has 2 unspecified atom stereocenters. The third kappa shape index (κ3) is 4.26. The second-order valence-corrected chi connectivity index (χ2v) is 5.78. The van der Waals surface area contributed by atoms with Crippen molar-refractivity contribution in [2.75, 3.05) is 6.54 Å². The van der Waals surface area contributed by atoms with E-state index in [-0.39, 0.29) is 0 Å². The van der Waals surface area contributed by atoms with Crippen molar-refractivity contribution < 1.29 is 0 Å². The fourth-order valence-corrected chi connectivity index (χ4v) is 2.58. The molecule has 0 fully saturated rings. The number of hydrogen-bond donors (Lipinski definition) is 1. The van der Waals surface area contributed by atoms with E-state index in [9.17, 15) is 0 Å². The molecule has 2 heteroatoms. The van der Waals surface area contributed by atoms with Crippen LogP contribution in [-0.4, -0.2) is 12.6 Å². The molecular formula is C14H25NS. The molecule has 0 saturated carbocycles. The largest absolute Gasteiger partial charge is 0.313 e. The molecule has 0 aliphatic rings. The molecule has 2 atom stereocenters. The Morgan fingerprint density at radius 2 is 2.06 bits per heavy atom. The van der Waals surface area contributed by atoms with Crippen LogP contribution in [0.3, 0.4) is 0 Å². The molecule has 1 rings (SSSR count). The first-order chi connectivity index (χ1) is 7.65. The molecule has 0 radical (unpaired) electrons. The predicted octanol–water partition coefficient (Wildman–Crippen LogP) is 3.95. The standard InChI is InChI=1S/C14H25NS/c1-5-7-15-14(12(4)11(2)3)9-13-6-8-16-10-13/h6,8,10-12,14-15H,5,7,9H2,1-4H3. The highest BCUT2D eigenvalue weighted by Crippen LogP contribution is 2.19. The molecule has 92 valence electrons. The van der Waals surface area contributed by atoms with E-state index < -0.39 is 0 Å². The minimum absolute atomic E-state index is 0.620. The van der Waals surface area contributed by atoms with E-state index in [0.29, 0.717) is 6.04 Å². The van der Waals surface area contributed by atoms with Gasteiger partial charge in [0.15, 0.2) is 0 Å². The second-order valence-electron chi connectivity index (χ2n) is 5.00. The van der Waals surface area contributed by atoms with Crippen molar-refractivity contribution in [3.63, 3.8) is 0 Å². The zero-order chi connectivity index (χ0) is 12.0. The fourth-order valence-electron chi connectivity index (χ4n) is 1.90. The maximum absolute atomic E-state index is 3.69. The van der Waals surface area contributed by atoms with Crippen molar-refractivity contribution in [2.45, 2.75) is 46.6 Å². The normalized spacial score (nSPS) is 15.3. The Morgan fingerprint density at radius 3 is 2.56 bits per heavy atom. The van der Waals surface area contributed by atoms with Gasteiger partial charge in [-0.15, -0.1) is 0 Å². The summed E-state index contributed by atoms with van der Waals surface area (Å²) in [7, 11) is 0. The summed E-state index contributed by atoms with van der Waals surface area (Å²) >= 11 is 1.80. The van der Waals surface area contributed by atoms with Crippen LogP contribution in [0.2, 0.25) is 0 Å². The lowest BCUT2D eigenvalue weighted by atomic mass is 9.87. The molecule has 1 heterocycles. The first-order valence-corrected chi connectivity index (χ1v) is 7.33. The number of hydrogen-bond acceptors (Lipinski definition) is 2. The van der Waals surface area contributed by atoms with E-state index in [0.717, 1.165) is 18.4 Å². The zero-order valence-electron chi connectivity index (χ0n) is 11.0. The third-order valence-electron chi connectivity index (χ3n) is 3.38. The molecule has 1 aromatic heterocycles. The molecule has 1 N–H and O–H groups in total. The van der Waals surface area contributed by atoms with Gasteiger partial charge in [-0.05, 0) is 53.6 Å². The lowest BCUT2D eigenvalue weighted by Crippen LogP contribution is -2.39. The van der Waals surface area contributed by atoms with Gasteiger partial charge in [-0.2, -0.15) is 11.3 Å². The molecule has 16 heavy (non-hydrogen) atoms. The molecule has 0 aromatic carbocycles. The molecule has 0 saturated heterocycles. The molecule has 0 aliphatic carbocycles. The monoisotopic (exact) mass is 239 g/mol. The van der Waals surface area contributed by atoms with E-state index in [1.807, 2.05) is 0 Å². The second kappa shape index (κ2) is 7.08. The fraction of sp³-hybridized carbons (Fsp3) is 0.714. The summed E-state index contributed by atoms with van der Waals surface area (Å²) in [5, 5.41) is 8.14. The minimum atomic E-state index is 0.620. The smallest absolute Gasteiger partial charge is 0.0136 e. The summed E-state index contributed by atoms with van der Waals surface area (Å²) in [5.74, 6) is 1.47. The van der Waals surface area contributed by atoms with Crippen molar-refractivity contribution >= 4 is 11.3 Å². The number of rotatable bonds is 7. The van der Waals surface area contributed by atoms with E-state index in [4.69, 9.17) is 0 Å². The van der Waals surface area contributed by atoms with Crippen LogP contribution < -0.4 is 5.32 Å². The molecule has 1 aromatic rings. The number of nitrogens with one attached hydrogen (secondary N) is 1. The van der Waals surface area contributed by atoms with Crippen LogP contribution in [0.15, 0.2) is 16.8 Å². The SMILES string of the molecule is CCCNC(Cc1ccsc1)C(C)C(C)C. The van der Waals surface area contributed by atoms with Gasteiger partial charge >= 0.3 is 0 Å². The van der Waals surface area contributed by atoms with Gasteiger partial charge < -0.3 is 5.32 Å². The Balaban J connectivity index is 2.56. The van der Waals surface area contributed by atoms with E-state index >= 15 is 0 Å². The Bertz CT molecular complexity index is 266. The van der Waals surface area contributed by atoms with Crippen LogP contribution in [0.5, 0.6) is 0 Å². The highest BCUT2D eigenvalue weighted by molar-refractivity contribution is 7.07. The quantitative estimate of drug-likeness (QED) is 0.759. The maximum Gasteiger partial charge on any atom is 0.0136 e. The summed E-state index contributed by atoms with van der Waals surface area (Å²) in [5.41, 5.74) is 1.48. The van der Waals surface area contributed by atoms with Gasteiger partial charge in [0, 0.05) is 6.04 Å². The lowest BCUT2D eigenvalue weighted by Gasteiger charge is -2.28. The van der Waals surface area contributed by atoms with Gasteiger partial charge in [-0.25, -0.2) is 0 Å². The Kier molecular flexibility index (Phi) is 6.07. The predicted molar refractivity (Wildman–Crippen MR) is 74.1 cm³/mol. The molecule has 0 spiro atoms. The van der Waals surface area contributed by atoms with Crippen LogP contribution in [0.4, 0.5) is 0 Å². The third-order valence-corrected chi connectivity index (χ3v) is 4.11. The van der Waals surface area contributed by atoms with Gasteiger partial charge in [0.2, 0.25) is 0 Å². The molecular weight excluding hydrogens is 214 g/mol. The van der Waals surface area contributed by atoms with E-state index in [2.05, 4.69) is 49.8 Å². The van der Waals surface area contributed by atoms with Crippen molar-refractivity contribution in [2.24, 2.45) is 11.8 Å². The average molecular weight is 239 g/mol.